The zero-order chi connectivity index (χ0) is 29.6. The van der Waals surface area contributed by atoms with Gasteiger partial charge in [0.05, 0.1) is 29.7 Å². The van der Waals surface area contributed by atoms with Gasteiger partial charge in [0.1, 0.15) is 22.8 Å². The minimum absolute atomic E-state index is 0.0108. The zero-order valence-electron chi connectivity index (χ0n) is 22.7. The van der Waals surface area contributed by atoms with E-state index < -0.39 is 29.1 Å². The summed E-state index contributed by atoms with van der Waals surface area (Å²) in [6.07, 6.45) is 4.20. The molecule has 4 aromatic rings. The van der Waals surface area contributed by atoms with Crippen molar-refractivity contribution >= 4 is 33.4 Å². The van der Waals surface area contributed by atoms with E-state index in [9.17, 15) is 17.6 Å². The Morgan fingerprint density at radius 3 is 2.64 bits per heavy atom. The van der Waals surface area contributed by atoms with E-state index >= 15 is 4.39 Å². The Morgan fingerprint density at radius 1 is 1.17 bits per heavy atom. The maximum atomic E-state index is 16.6. The van der Waals surface area contributed by atoms with Crippen LogP contribution in [0.1, 0.15) is 24.0 Å². The van der Waals surface area contributed by atoms with E-state index in [2.05, 4.69) is 21.2 Å². The number of morpholine rings is 1. The second kappa shape index (κ2) is 11.0. The molecule has 0 bridgehead atoms. The number of fused-ring (bicyclic) bond motifs is 2. The number of rotatable bonds is 5. The second-order valence-corrected chi connectivity index (χ2v) is 10.5. The van der Waals surface area contributed by atoms with Crippen molar-refractivity contribution in [3.05, 3.63) is 53.2 Å². The first-order valence-corrected chi connectivity index (χ1v) is 13.6. The molecule has 1 atom stereocenters. The number of hydrogen-bond acceptors (Lipinski definition) is 7. The van der Waals surface area contributed by atoms with E-state index in [1.165, 1.54) is 12.3 Å². The fraction of sp³-hybridized carbons (Fsp3) is 0.367. The third-order valence-electron chi connectivity index (χ3n) is 7.76. The normalized spacial score (nSPS) is 17.6. The van der Waals surface area contributed by atoms with Gasteiger partial charge in [0, 0.05) is 49.9 Å². The minimum Gasteiger partial charge on any atom is -0.378 e. The molecule has 0 radical (unpaired) electrons. The Balaban J connectivity index is 1.59. The summed E-state index contributed by atoms with van der Waals surface area (Å²) in [6, 6.07) is 4.02. The van der Waals surface area contributed by atoms with Crippen molar-refractivity contribution in [1.82, 2.24) is 20.3 Å². The van der Waals surface area contributed by atoms with Crippen molar-refractivity contribution in [3.8, 4) is 23.6 Å². The largest absolute Gasteiger partial charge is 0.416 e. The maximum absolute atomic E-state index is 16.6. The van der Waals surface area contributed by atoms with Crippen LogP contribution in [0.15, 0.2) is 30.5 Å². The predicted octanol–water partition coefficient (Wildman–Crippen LogP) is 5.15. The number of anilines is 2. The smallest absolute Gasteiger partial charge is 0.378 e. The molecule has 2 fully saturated rings. The van der Waals surface area contributed by atoms with E-state index in [-0.39, 0.29) is 39.4 Å². The Bertz CT molecular complexity index is 1710. The third-order valence-corrected chi connectivity index (χ3v) is 7.76. The quantitative estimate of drug-likeness (QED) is 0.258. The monoisotopic (exact) mass is 582 g/mol. The van der Waals surface area contributed by atoms with Gasteiger partial charge in [-0.2, -0.15) is 18.2 Å². The first-order chi connectivity index (χ1) is 20.2. The molecular weight excluding hydrogens is 555 g/mol. The van der Waals surface area contributed by atoms with Crippen LogP contribution in [0, 0.1) is 24.0 Å². The standard InChI is InChI=1S/C30H27F5N6O/c1-3-20-23(31)7-6-17-13-18(30(33,34)35)14-21(24(17)20)26-25(32)27-22(15-37-26)28(40(2)16-19-5-4-8-36-19)39-29(38-27)41-9-11-42-12-10-41/h1,6-7,13-15,19,36H,4-5,8-12,16H2,2H3/t19-/m0/s1. The zero-order valence-corrected chi connectivity index (χ0v) is 22.7. The molecule has 6 rings (SSSR count). The lowest BCUT2D eigenvalue weighted by Crippen LogP contribution is -2.38. The number of nitrogens with one attached hydrogen (secondary N) is 1. The van der Waals surface area contributed by atoms with Crippen molar-refractivity contribution < 1.29 is 26.7 Å². The van der Waals surface area contributed by atoms with Gasteiger partial charge in [-0.05, 0) is 43.0 Å². The molecule has 2 aromatic carbocycles. The molecular formula is C30H27F5N6O. The first kappa shape index (κ1) is 28.1. The number of pyridine rings is 1. The summed E-state index contributed by atoms with van der Waals surface area (Å²) in [4.78, 5) is 17.4. The molecule has 12 heteroatoms. The number of alkyl halides is 3. The molecule has 7 nitrogen and oxygen atoms in total. The minimum atomic E-state index is -4.75. The fourth-order valence-electron chi connectivity index (χ4n) is 5.68. The van der Waals surface area contributed by atoms with Crippen LogP contribution in [0.5, 0.6) is 0 Å². The first-order valence-electron chi connectivity index (χ1n) is 13.6. The number of likely N-dealkylation sites (N-methyl/N-ethyl adjacent to an activating group) is 1. The Labute approximate surface area is 238 Å². The lowest BCUT2D eigenvalue weighted by Gasteiger charge is -2.29. The van der Waals surface area contributed by atoms with E-state index in [1.807, 2.05) is 16.8 Å². The Hall–Kier alpha value is -4.08. The van der Waals surface area contributed by atoms with Gasteiger partial charge in [0.15, 0.2) is 5.82 Å². The Kier molecular flexibility index (Phi) is 7.32. The summed E-state index contributed by atoms with van der Waals surface area (Å²) in [6.45, 7) is 3.37. The number of halogens is 5. The van der Waals surface area contributed by atoms with E-state index in [0.717, 1.165) is 37.6 Å². The molecule has 4 heterocycles. The van der Waals surface area contributed by atoms with Crippen LogP contribution in [-0.4, -0.2) is 67.4 Å². The number of terminal acetylenes is 1. The molecule has 2 aliphatic rings. The summed E-state index contributed by atoms with van der Waals surface area (Å²) in [7, 11) is 1.85. The van der Waals surface area contributed by atoms with Gasteiger partial charge in [-0.15, -0.1) is 6.42 Å². The lowest BCUT2D eigenvalue weighted by atomic mass is 9.93. The van der Waals surface area contributed by atoms with Gasteiger partial charge in [0.25, 0.3) is 0 Å². The molecule has 2 aromatic heterocycles. The number of ether oxygens (including phenoxy) is 1. The molecule has 0 saturated carbocycles. The van der Waals surface area contributed by atoms with E-state index in [1.54, 1.807) is 0 Å². The van der Waals surface area contributed by atoms with E-state index in [0.29, 0.717) is 44.1 Å². The number of benzene rings is 2. The van der Waals surface area contributed by atoms with Crippen molar-refractivity contribution in [2.45, 2.75) is 25.1 Å². The van der Waals surface area contributed by atoms with Gasteiger partial charge in [-0.3, -0.25) is 4.98 Å². The average molecular weight is 583 g/mol. The van der Waals surface area contributed by atoms with Crippen LogP contribution in [0.25, 0.3) is 32.9 Å². The SMILES string of the molecule is C#Cc1c(F)ccc2cc(C(F)(F)F)cc(-c3ncc4c(N(C)C[C@@H]5CCCN5)nc(N5CCOCC5)nc4c3F)c12. The van der Waals surface area contributed by atoms with Gasteiger partial charge < -0.3 is 19.9 Å². The maximum Gasteiger partial charge on any atom is 0.416 e. The molecule has 0 amide bonds. The molecule has 0 spiro atoms. The lowest BCUT2D eigenvalue weighted by molar-refractivity contribution is -0.137. The fourth-order valence-corrected chi connectivity index (χ4v) is 5.68. The van der Waals surface area contributed by atoms with Crippen LogP contribution in [0.3, 0.4) is 0 Å². The van der Waals surface area contributed by atoms with Crippen LogP contribution in [-0.2, 0) is 10.9 Å². The van der Waals surface area contributed by atoms with Crippen molar-refractivity contribution in [3.63, 3.8) is 0 Å². The summed E-state index contributed by atoms with van der Waals surface area (Å²) in [5, 5.41) is 3.71. The van der Waals surface area contributed by atoms with Gasteiger partial charge in [0.2, 0.25) is 5.95 Å². The van der Waals surface area contributed by atoms with Crippen LogP contribution >= 0.6 is 0 Å². The van der Waals surface area contributed by atoms with Crippen molar-refractivity contribution in [1.29, 1.82) is 0 Å². The van der Waals surface area contributed by atoms with Gasteiger partial charge in [-0.1, -0.05) is 12.0 Å². The summed E-state index contributed by atoms with van der Waals surface area (Å²) < 4.78 is 78.5. The summed E-state index contributed by atoms with van der Waals surface area (Å²) in [5.41, 5.74) is -2.12. The second-order valence-electron chi connectivity index (χ2n) is 10.5. The molecule has 1 N–H and O–H groups in total. The van der Waals surface area contributed by atoms with Crippen LogP contribution in [0.4, 0.5) is 33.7 Å². The molecule has 0 aliphatic carbocycles. The molecule has 218 valence electrons. The molecule has 2 aliphatic heterocycles. The van der Waals surface area contributed by atoms with Gasteiger partial charge >= 0.3 is 6.18 Å². The number of aromatic nitrogens is 3. The van der Waals surface area contributed by atoms with Crippen molar-refractivity contribution in [2.24, 2.45) is 0 Å². The highest BCUT2D eigenvalue weighted by Gasteiger charge is 2.33. The summed E-state index contributed by atoms with van der Waals surface area (Å²) in [5.74, 6) is 1.16. The van der Waals surface area contributed by atoms with Crippen LogP contribution < -0.4 is 15.1 Å². The topological polar surface area (TPSA) is 66.4 Å². The van der Waals surface area contributed by atoms with Gasteiger partial charge in [-0.25, -0.2) is 13.8 Å². The molecule has 2 saturated heterocycles. The highest BCUT2D eigenvalue weighted by Crippen LogP contribution is 2.41. The third kappa shape index (κ3) is 5.07. The highest BCUT2D eigenvalue weighted by atomic mass is 19.4. The number of hydrogen-bond donors (Lipinski definition) is 1. The highest BCUT2D eigenvalue weighted by molar-refractivity contribution is 6.02. The van der Waals surface area contributed by atoms with Crippen LogP contribution in [0.2, 0.25) is 0 Å². The molecule has 42 heavy (non-hydrogen) atoms. The Morgan fingerprint density at radius 2 is 1.95 bits per heavy atom. The van der Waals surface area contributed by atoms with E-state index in [4.69, 9.17) is 16.1 Å². The average Bonchev–Trinajstić information content (AvgIpc) is 3.49. The van der Waals surface area contributed by atoms with Crippen molar-refractivity contribution in [2.75, 3.05) is 56.2 Å². The predicted molar refractivity (Wildman–Crippen MR) is 150 cm³/mol. The number of nitrogens with zero attached hydrogens (tertiary/aromatic N) is 5. The molecule has 0 unspecified atom stereocenters. The summed E-state index contributed by atoms with van der Waals surface area (Å²) >= 11 is 0.